The second-order valence-corrected chi connectivity index (χ2v) is 7.08. The Bertz CT molecular complexity index is 854. The first-order chi connectivity index (χ1) is 14.5. The summed E-state index contributed by atoms with van der Waals surface area (Å²) in [5, 5.41) is 9.48. The number of nitrogens with zero attached hydrogens (tertiary/aromatic N) is 1. The Morgan fingerprint density at radius 1 is 0.968 bits per heavy atom. The highest BCUT2D eigenvalue weighted by molar-refractivity contribution is 14.0. The predicted octanol–water partition coefficient (Wildman–Crippen LogP) is 4.17. The van der Waals surface area contributed by atoms with Crippen LogP contribution in [0.2, 0.25) is 0 Å². The van der Waals surface area contributed by atoms with Gasteiger partial charge in [-0.15, -0.1) is 24.0 Å². The van der Waals surface area contributed by atoms with Crippen LogP contribution in [-0.4, -0.2) is 32.6 Å². The molecule has 7 nitrogen and oxygen atoms in total. The van der Waals surface area contributed by atoms with E-state index in [0.29, 0.717) is 24.6 Å². The third-order valence-electron chi connectivity index (χ3n) is 4.42. The number of ether oxygens (including phenoxy) is 2. The van der Waals surface area contributed by atoms with E-state index in [2.05, 4.69) is 20.9 Å². The number of aliphatic imine (C=N–C) groups is 1. The topological polar surface area (TPSA) is 84.0 Å². The van der Waals surface area contributed by atoms with Crippen LogP contribution in [0.1, 0.15) is 31.9 Å². The van der Waals surface area contributed by atoms with Gasteiger partial charge in [-0.25, -0.2) is 4.99 Å². The van der Waals surface area contributed by atoms with Crippen molar-refractivity contribution >= 4 is 41.5 Å². The van der Waals surface area contributed by atoms with E-state index >= 15 is 0 Å². The fourth-order valence-corrected chi connectivity index (χ4v) is 2.67. The van der Waals surface area contributed by atoms with Crippen LogP contribution < -0.4 is 25.4 Å². The minimum Gasteiger partial charge on any atom is -0.493 e. The van der Waals surface area contributed by atoms with E-state index < -0.39 is 0 Å². The fraction of sp³-hybridized carbons (Fsp3) is 0.391. The van der Waals surface area contributed by atoms with Gasteiger partial charge in [0.2, 0.25) is 5.91 Å². The van der Waals surface area contributed by atoms with Crippen molar-refractivity contribution < 1.29 is 14.3 Å². The third-order valence-corrected chi connectivity index (χ3v) is 4.42. The van der Waals surface area contributed by atoms with Gasteiger partial charge in [-0.2, -0.15) is 0 Å². The molecule has 0 aliphatic heterocycles. The minimum atomic E-state index is -0.0455. The van der Waals surface area contributed by atoms with E-state index in [4.69, 9.17) is 9.47 Å². The molecule has 0 unspecified atom stereocenters. The number of guanidine groups is 1. The minimum absolute atomic E-state index is 0. The second kappa shape index (κ2) is 13.7. The van der Waals surface area contributed by atoms with Gasteiger partial charge in [-0.05, 0) is 42.3 Å². The zero-order valence-corrected chi connectivity index (χ0v) is 21.2. The van der Waals surface area contributed by atoms with Crippen LogP contribution in [0.15, 0.2) is 47.5 Å². The van der Waals surface area contributed by atoms with Crippen LogP contribution in [0.3, 0.4) is 0 Å². The van der Waals surface area contributed by atoms with Crippen LogP contribution in [0, 0.1) is 5.92 Å². The highest BCUT2D eigenvalue weighted by Crippen LogP contribution is 2.27. The fourth-order valence-electron chi connectivity index (χ4n) is 2.67. The standard InChI is InChI=1S/C23H32N4O3.HI/c1-6-24-23(26-15-18-9-12-20(29-4)21(13-18)30-5)25-14-17-7-10-19(11-8-17)27-22(28)16(2)3;/h7-13,16H,6,14-15H2,1-5H3,(H,27,28)(H2,24,25,26);1H. The zero-order valence-electron chi connectivity index (χ0n) is 18.8. The molecule has 31 heavy (non-hydrogen) atoms. The van der Waals surface area contributed by atoms with Crippen molar-refractivity contribution in [1.29, 1.82) is 0 Å². The number of amides is 1. The summed E-state index contributed by atoms with van der Waals surface area (Å²) >= 11 is 0. The summed E-state index contributed by atoms with van der Waals surface area (Å²) in [7, 11) is 3.24. The van der Waals surface area contributed by atoms with Crippen molar-refractivity contribution in [1.82, 2.24) is 10.6 Å². The van der Waals surface area contributed by atoms with E-state index in [-0.39, 0.29) is 35.8 Å². The molecule has 0 spiro atoms. The summed E-state index contributed by atoms with van der Waals surface area (Å²) in [6.45, 7) is 7.66. The Balaban J connectivity index is 0.00000480. The lowest BCUT2D eigenvalue weighted by atomic mass is 10.1. The van der Waals surface area contributed by atoms with Crippen LogP contribution in [0.25, 0.3) is 0 Å². The van der Waals surface area contributed by atoms with Crippen molar-refractivity contribution in [3.05, 3.63) is 53.6 Å². The molecule has 170 valence electrons. The highest BCUT2D eigenvalue weighted by atomic mass is 127. The number of methoxy groups -OCH3 is 2. The third kappa shape index (κ3) is 8.64. The Kier molecular flexibility index (Phi) is 11.8. The van der Waals surface area contributed by atoms with Crippen LogP contribution in [0.4, 0.5) is 5.69 Å². The van der Waals surface area contributed by atoms with Crippen molar-refractivity contribution in [2.24, 2.45) is 10.9 Å². The summed E-state index contributed by atoms with van der Waals surface area (Å²) in [6, 6.07) is 13.6. The number of halogens is 1. The lowest BCUT2D eigenvalue weighted by Gasteiger charge is -2.13. The van der Waals surface area contributed by atoms with Gasteiger partial charge < -0.3 is 25.4 Å². The van der Waals surface area contributed by atoms with E-state index in [1.807, 2.05) is 63.2 Å². The predicted molar refractivity (Wildman–Crippen MR) is 137 cm³/mol. The molecule has 0 atom stereocenters. The van der Waals surface area contributed by atoms with E-state index in [9.17, 15) is 4.79 Å². The molecule has 2 aromatic rings. The molecular formula is C23H33IN4O3. The summed E-state index contributed by atoms with van der Waals surface area (Å²) < 4.78 is 10.6. The lowest BCUT2D eigenvalue weighted by molar-refractivity contribution is -0.118. The molecule has 0 saturated heterocycles. The number of benzene rings is 2. The van der Waals surface area contributed by atoms with E-state index in [1.54, 1.807) is 14.2 Å². The SMILES string of the molecule is CCNC(=NCc1ccc(OC)c(OC)c1)NCc1ccc(NC(=O)C(C)C)cc1.I. The Morgan fingerprint density at radius 2 is 1.61 bits per heavy atom. The molecular weight excluding hydrogens is 507 g/mol. The monoisotopic (exact) mass is 540 g/mol. The van der Waals surface area contributed by atoms with Gasteiger partial charge in [0.1, 0.15) is 0 Å². The maximum atomic E-state index is 11.8. The van der Waals surface area contributed by atoms with Gasteiger partial charge in [0, 0.05) is 24.7 Å². The maximum absolute atomic E-state index is 11.8. The first-order valence-corrected chi connectivity index (χ1v) is 10.1. The molecule has 0 bridgehead atoms. The van der Waals surface area contributed by atoms with E-state index in [0.717, 1.165) is 29.3 Å². The molecule has 2 aromatic carbocycles. The Morgan fingerprint density at radius 3 is 2.19 bits per heavy atom. The van der Waals surface area contributed by atoms with E-state index in [1.165, 1.54) is 0 Å². The number of carbonyl (C=O) groups is 1. The van der Waals surface area contributed by atoms with Gasteiger partial charge in [0.25, 0.3) is 0 Å². The second-order valence-electron chi connectivity index (χ2n) is 7.08. The number of hydrogen-bond donors (Lipinski definition) is 3. The largest absolute Gasteiger partial charge is 0.493 e. The number of nitrogens with one attached hydrogen (secondary N) is 3. The number of anilines is 1. The van der Waals surface area contributed by atoms with Gasteiger partial charge in [-0.3, -0.25) is 4.79 Å². The molecule has 0 radical (unpaired) electrons. The molecule has 0 saturated carbocycles. The summed E-state index contributed by atoms with van der Waals surface area (Å²) in [5.74, 6) is 2.08. The number of hydrogen-bond acceptors (Lipinski definition) is 4. The smallest absolute Gasteiger partial charge is 0.226 e. The lowest BCUT2D eigenvalue weighted by Crippen LogP contribution is -2.36. The molecule has 2 rings (SSSR count). The molecule has 1 amide bonds. The van der Waals surface area contributed by atoms with Crippen LogP contribution >= 0.6 is 24.0 Å². The maximum Gasteiger partial charge on any atom is 0.226 e. The number of rotatable bonds is 9. The van der Waals surface area contributed by atoms with Crippen molar-refractivity contribution in [2.75, 3.05) is 26.1 Å². The zero-order chi connectivity index (χ0) is 21.9. The number of carbonyl (C=O) groups excluding carboxylic acids is 1. The first-order valence-electron chi connectivity index (χ1n) is 10.1. The molecule has 0 aliphatic carbocycles. The summed E-state index contributed by atoms with van der Waals surface area (Å²) in [6.07, 6.45) is 0. The molecule has 8 heteroatoms. The molecule has 0 heterocycles. The average molecular weight is 540 g/mol. The Labute approximate surface area is 202 Å². The van der Waals surface area contributed by atoms with Crippen LogP contribution in [-0.2, 0) is 17.9 Å². The van der Waals surface area contributed by atoms with Crippen molar-refractivity contribution in [2.45, 2.75) is 33.9 Å². The van der Waals surface area contributed by atoms with Crippen molar-refractivity contribution in [3.63, 3.8) is 0 Å². The average Bonchev–Trinajstić information content (AvgIpc) is 2.76. The summed E-state index contributed by atoms with van der Waals surface area (Å²) in [5.41, 5.74) is 2.91. The Hall–Kier alpha value is -2.49. The summed E-state index contributed by atoms with van der Waals surface area (Å²) in [4.78, 5) is 16.4. The van der Waals surface area contributed by atoms with Gasteiger partial charge in [-0.1, -0.05) is 32.0 Å². The van der Waals surface area contributed by atoms with Crippen LogP contribution in [0.5, 0.6) is 11.5 Å². The highest BCUT2D eigenvalue weighted by Gasteiger charge is 2.07. The quantitative estimate of drug-likeness (QED) is 0.253. The molecule has 3 N–H and O–H groups in total. The van der Waals surface area contributed by atoms with Gasteiger partial charge in [0.15, 0.2) is 17.5 Å². The molecule has 0 aromatic heterocycles. The normalized spacial score (nSPS) is 10.8. The van der Waals surface area contributed by atoms with Gasteiger partial charge in [0.05, 0.1) is 20.8 Å². The molecule has 0 aliphatic rings. The van der Waals surface area contributed by atoms with Gasteiger partial charge >= 0.3 is 0 Å². The van der Waals surface area contributed by atoms with Crippen molar-refractivity contribution in [3.8, 4) is 11.5 Å². The molecule has 0 fully saturated rings. The first kappa shape index (κ1) is 26.5.